The fraction of sp³-hybridized carbons (Fsp3) is 0.423. The van der Waals surface area contributed by atoms with Crippen molar-refractivity contribution in [1.29, 1.82) is 0 Å². The monoisotopic (exact) mass is 491 g/mol. The fourth-order valence-electron chi connectivity index (χ4n) is 5.06. The van der Waals surface area contributed by atoms with E-state index in [9.17, 15) is 13.2 Å². The summed E-state index contributed by atoms with van der Waals surface area (Å²) in [7, 11) is -3.52. The highest BCUT2D eigenvalue weighted by molar-refractivity contribution is 7.91. The minimum Gasteiger partial charge on any atom is -0.328 e. The lowest BCUT2D eigenvalue weighted by molar-refractivity contribution is 0.104. The Labute approximate surface area is 205 Å². The molecule has 3 aromatic rings. The Kier molecular flexibility index (Phi) is 5.59. The van der Waals surface area contributed by atoms with Gasteiger partial charge in [-0.25, -0.2) is 13.2 Å². The zero-order valence-corrected chi connectivity index (χ0v) is 20.3. The highest BCUT2D eigenvalue weighted by atomic mass is 32.2. The molecule has 9 heteroatoms. The van der Waals surface area contributed by atoms with E-state index in [4.69, 9.17) is 0 Å². The first-order chi connectivity index (χ1) is 17.0. The molecule has 2 amide bonds. The molecular formula is C26H29N5O3S. The number of piperidine rings is 1. The number of hydrogen-bond donors (Lipinski definition) is 1. The summed E-state index contributed by atoms with van der Waals surface area (Å²) in [6.07, 6.45) is 4.21. The number of carbonyl (C=O) groups is 1. The summed E-state index contributed by atoms with van der Waals surface area (Å²) in [5.41, 5.74) is 1.07. The number of aromatic amines is 1. The molecule has 1 aromatic heterocycles. The van der Waals surface area contributed by atoms with Crippen molar-refractivity contribution in [2.75, 3.05) is 26.2 Å². The zero-order chi connectivity index (χ0) is 24.0. The highest BCUT2D eigenvalue weighted by Crippen LogP contribution is 2.39. The molecule has 3 aliphatic rings. The van der Waals surface area contributed by atoms with E-state index in [0.717, 1.165) is 43.1 Å². The Morgan fingerprint density at radius 2 is 1.31 bits per heavy atom. The average molecular weight is 492 g/mol. The molecule has 1 N–H and O–H groups in total. The van der Waals surface area contributed by atoms with Crippen LogP contribution in [0.1, 0.15) is 60.6 Å². The van der Waals surface area contributed by atoms with Gasteiger partial charge in [-0.2, -0.15) is 0 Å². The van der Waals surface area contributed by atoms with Crippen LogP contribution in [-0.4, -0.2) is 65.6 Å². The number of carbonyl (C=O) groups excluding carboxylic acids is 1. The summed E-state index contributed by atoms with van der Waals surface area (Å²) in [6, 6.07) is 15.7. The van der Waals surface area contributed by atoms with Crippen molar-refractivity contribution in [1.82, 2.24) is 25.0 Å². The van der Waals surface area contributed by atoms with Crippen LogP contribution < -0.4 is 0 Å². The van der Waals surface area contributed by atoms with Gasteiger partial charge in [0.25, 0.3) is 0 Å². The molecule has 8 nitrogen and oxygen atoms in total. The number of nitrogens with one attached hydrogen (secondary N) is 1. The van der Waals surface area contributed by atoms with Crippen LogP contribution in [0, 0.1) is 0 Å². The smallest absolute Gasteiger partial charge is 0.320 e. The van der Waals surface area contributed by atoms with Gasteiger partial charge in [-0.3, -0.25) is 0 Å². The molecule has 0 spiro atoms. The summed E-state index contributed by atoms with van der Waals surface area (Å²) in [4.78, 5) is 20.8. The second-order valence-electron chi connectivity index (χ2n) is 9.90. The number of amides is 2. The number of aromatic nitrogens is 3. The van der Waals surface area contributed by atoms with Crippen LogP contribution in [0.15, 0.2) is 64.4 Å². The van der Waals surface area contributed by atoms with Crippen LogP contribution in [0.25, 0.3) is 0 Å². The Morgan fingerprint density at radius 3 is 1.91 bits per heavy atom. The summed E-state index contributed by atoms with van der Waals surface area (Å²) < 4.78 is 25.6. The van der Waals surface area contributed by atoms with E-state index < -0.39 is 9.84 Å². The summed E-state index contributed by atoms with van der Waals surface area (Å²) in [5, 5.41) is 8.66. The van der Waals surface area contributed by atoms with Crippen LogP contribution in [-0.2, 0) is 9.84 Å². The van der Waals surface area contributed by atoms with Crippen molar-refractivity contribution >= 4 is 15.9 Å². The molecule has 1 aliphatic carbocycles. The first-order valence-corrected chi connectivity index (χ1v) is 13.8. The molecule has 6 rings (SSSR count). The molecule has 3 fully saturated rings. The second-order valence-corrected chi connectivity index (χ2v) is 11.9. The van der Waals surface area contributed by atoms with Gasteiger partial charge in [0, 0.05) is 43.9 Å². The van der Waals surface area contributed by atoms with Gasteiger partial charge < -0.3 is 14.8 Å². The van der Waals surface area contributed by atoms with Crippen LogP contribution in [0.5, 0.6) is 0 Å². The SMILES string of the molecule is O=C(N1CCC(c2nnc(C3CC3)[nH]2)CC1)N1CC(c2ccc(S(=O)(=O)c3ccccc3)cc2)C1. The minimum absolute atomic E-state index is 0.0965. The average Bonchev–Trinajstić information content (AvgIpc) is 3.60. The maximum Gasteiger partial charge on any atom is 0.320 e. The predicted molar refractivity (Wildman–Crippen MR) is 130 cm³/mol. The third kappa shape index (κ3) is 4.33. The molecule has 0 atom stereocenters. The number of rotatable bonds is 5. The number of hydrogen-bond acceptors (Lipinski definition) is 5. The van der Waals surface area contributed by atoms with E-state index in [0.29, 0.717) is 34.7 Å². The van der Waals surface area contributed by atoms with Gasteiger partial charge in [0.05, 0.1) is 9.79 Å². The van der Waals surface area contributed by atoms with Crippen LogP contribution in [0.4, 0.5) is 4.79 Å². The van der Waals surface area contributed by atoms with E-state index >= 15 is 0 Å². The number of nitrogens with zero attached hydrogens (tertiary/aromatic N) is 4. The third-order valence-corrected chi connectivity index (χ3v) is 9.29. The number of likely N-dealkylation sites (tertiary alicyclic amines) is 2. The molecule has 0 radical (unpaired) electrons. The lowest BCUT2D eigenvalue weighted by Gasteiger charge is -2.43. The Hall–Kier alpha value is -3.20. The molecule has 1 saturated carbocycles. The molecule has 182 valence electrons. The summed E-state index contributed by atoms with van der Waals surface area (Å²) in [5.74, 6) is 3.15. The van der Waals surface area contributed by atoms with E-state index in [2.05, 4.69) is 15.2 Å². The number of urea groups is 1. The van der Waals surface area contributed by atoms with Gasteiger partial charge in [0.1, 0.15) is 11.6 Å². The van der Waals surface area contributed by atoms with E-state index in [1.165, 1.54) is 12.8 Å². The molecule has 35 heavy (non-hydrogen) atoms. The minimum atomic E-state index is -3.52. The van der Waals surface area contributed by atoms with Crippen molar-refractivity contribution < 1.29 is 13.2 Å². The topological polar surface area (TPSA) is 99.3 Å². The van der Waals surface area contributed by atoms with Crippen molar-refractivity contribution in [2.24, 2.45) is 0 Å². The van der Waals surface area contributed by atoms with Gasteiger partial charge in [0.2, 0.25) is 9.84 Å². The normalized spacial score (nSPS) is 19.5. The molecule has 0 unspecified atom stereocenters. The summed E-state index contributed by atoms with van der Waals surface area (Å²) in [6.45, 7) is 2.79. The van der Waals surface area contributed by atoms with Crippen molar-refractivity contribution in [3.05, 3.63) is 71.8 Å². The number of sulfone groups is 1. The summed E-state index contributed by atoms with van der Waals surface area (Å²) >= 11 is 0. The maximum absolute atomic E-state index is 13.0. The Bertz CT molecular complexity index is 1300. The first-order valence-electron chi connectivity index (χ1n) is 12.4. The van der Waals surface area contributed by atoms with E-state index in [1.54, 1.807) is 42.5 Å². The van der Waals surface area contributed by atoms with Gasteiger partial charge in [-0.05, 0) is 55.5 Å². The standard InChI is InChI=1S/C26H29N5O3S/c32-26(30-14-12-20(13-15-30)25-27-24(28-29-25)19-6-7-19)31-16-21(17-31)18-8-10-23(11-9-18)35(33,34)22-4-2-1-3-5-22/h1-5,8-11,19-21H,6-7,12-17H2,(H,27,28,29). The van der Waals surface area contributed by atoms with Gasteiger partial charge in [0.15, 0.2) is 0 Å². The molecular weight excluding hydrogens is 462 g/mol. The first kappa shape index (κ1) is 22.3. The van der Waals surface area contributed by atoms with Crippen LogP contribution in [0.3, 0.4) is 0 Å². The van der Waals surface area contributed by atoms with Gasteiger partial charge in [-0.15, -0.1) is 10.2 Å². The predicted octanol–water partition coefficient (Wildman–Crippen LogP) is 3.91. The lowest BCUT2D eigenvalue weighted by Crippen LogP contribution is -2.55. The van der Waals surface area contributed by atoms with Crippen LogP contribution >= 0.6 is 0 Å². The van der Waals surface area contributed by atoms with Gasteiger partial charge >= 0.3 is 6.03 Å². The molecule has 2 aromatic carbocycles. The molecule has 0 bridgehead atoms. The molecule has 3 heterocycles. The third-order valence-electron chi connectivity index (χ3n) is 7.51. The molecule has 2 aliphatic heterocycles. The highest BCUT2D eigenvalue weighted by Gasteiger charge is 2.36. The quantitative estimate of drug-likeness (QED) is 0.583. The lowest BCUT2D eigenvalue weighted by atomic mass is 9.91. The zero-order valence-electron chi connectivity index (χ0n) is 19.5. The van der Waals surface area contributed by atoms with E-state index in [1.807, 2.05) is 21.9 Å². The van der Waals surface area contributed by atoms with E-state index in [-0.39, 0.29) is 11.9 Å². The number of benzene rings is 2. The molecule has 2 saturated heterocycles. The van der Waals surface area contributed by atoms with Crippen LogP contribution in [0.2, 0.25) is 0 Å². The number of H-pyrrole nitrogens is 1. The maximum atomic E-state index is 13.0. The van der Waals surface area contributed by atoms with Gasteiger partial charge in [-0.1, -0.05) is 30.3 Å². The second kappa shape index (κ2) is 8.78. The van der Waals surface area contributed by atoms with Crippen molar-refractivity contribution in [3.63, 3.8) is 0 Å². The Balaban J connectivity index is 1.01. The fourth-order valence-corrected chi connectivity index (χ4v) is 6.34. The van der Waals surface area contributed by atoms with Crippen molar-refractivity contribution in [2.45, 2.75) is 53.2 Å². The largest absolute Gasteiger partial charge is 0.328 e. The Morgan fingerprint density at radius 1 is 0.743 bits per heavy atom. The van der Waals surface area contributed by atoms with Crippen molar-refractivity contribution in [3.8, 4) is 0 Å².